The van der Waals surface area contributed by atoms with Gasteiger partial charge in [-0.15, -0.1) is 0 Å². The molecule has 0 aromatic rings. The number of hydrogen-bond acceptors (Lipinski definition) is 3. The van der Waals surface area contributed by atoms with Crippen LogP contribution >= 0.6 is 0 Å². The van der Waals surface area contributed by atoms with Crippen molar-refractivity contribution >= 4 is 0 Å². The number of aliphatic hydroxyl groups is 1. The van der Waals surface area contributed by atoms with E-state index in [-0.39, 0.29) is 12.1 Å². The molecule has 1 fully saturated rings. The van der Waals surface area contributed by atoms with Gasteiger partial charge >= 0.3 is 0 Å². The Morgan fingerprint density at radius 1 is 1.43 bits per heavy atom. The fourth-order valence-corrected chi connectivity index (χ4v) is 2.41. The number of nitrogens with two attached hydrogens (primary N) is 1. The first kappa shape index (κ1) is 12.0. The highest BCUT2D eigenvalue weighted by Gasteiger charge is 2.32. The predicted octanol–water partition coefficient (Wildman–Crippen LogP) is 0.866. The molecule has 0 bridgehead atoms. The maximum Gasteiger partial charge on any atom is 0.0556 e. The lowest BCUT2D eigenvalue weighted by atomic mass is 9.75. The zero-order valence-electron chi connectivity index (χ0n) is 9.26. The minimum Gasteiger partial charge on any atom is -0.395 e. The van der Waals surface area contributed by atoms with Crippen LogP contribution in [0.15, 0.2) is 0 Å². The second-order valence-electron chi connectivity index (χ2n) is 4.49. The molecule has 0 aliphatic heterocycles. The summed E-state index contributed by atoms with van der Waals surface area (Å²) in [4.78, 5) is 0. The molecule has 3 nitrogen and oxygen atoms in total. The van der Waals surface area contributed by atoms with E-state index in [0.717, 1.165) is 5.92 Å². The molecule has 1 aliphatic carbocycles. The Labute approximate surface area is 87.1 Å². The molecule has 1 aliphatic rings. The Morgan fingerprint density at radius 2 is 2.07 bits per heavy atom. The fourth-order valence-electron chi connectivity index (χ4n) is 2.41. The van der Waals surface area contributed by atoms with Crippen LogP contribution in [-0.2, 0) is 0 Å². The number of rotatable bonds is 5. The first-order chi connectivity index (χ1) is 6.76. The van der Waals surface area contributed by atoms with E-state index in [0.29, 0.717) is 13.1 Å². The second-order valence-corrected chi connectivity index (χ2v) is 4.49. The highest BCUT2D eigenvalue weighted by molar-refractivity contribution is 4.93. The van der Waals surface area contributed by atoms with Gasteiger partial charge in [0.1, 0.15) is 0 Å². The molecular formula is C11H24N2O. The molecule has 4 N–H and O–H groups in total. The van der Waals surface area contributed by atoms with Gasteiger partial charge in [0.15, 0.2) is 0 Å². The summed E-state index contributed by atoms with van der Waals surface area (Å²) in [7, 11) is 0. The molecule has 3 heteroatoms. The molecule has 0 radical (unpaired) electrons. The zero-order chi connectivity index (χ0) is 10.4. The third kappa shape index (κ3) is 2.94. The SMILES string of the molecule is CCC1CCC(CN)(NCCO)CC1. The molecule has 84 valence electrons. The molecule has 0 unspecified atom stereocenters. The van der Waals surface area contributed by atoms with Gasteiger partial charge in [-0.05, 0) is 31.6 Å². The Balaban J connectivity index is 2.39. The number of nitrogens with one attached hydrogen (secondary N) is 1. The Hall–Kier alpha value is -0.120. The first-order valence-corrected chi connectivity index (χ1v) is 5.82. The first-order valence-electron chi connectivity index (χ1n) is 5.82. The summed E-state index contributed by atoms with van der Waals surface area (Å²) in [6, 6.07) is 0. The molecule has 1 rings (SSSR count). The zero-order valence-corrected chi connectivity index (χ0v) is 9.26. The lowest BCUT2D eigenvalue weighted by Crippen LogP contribution is -2.54. The maximum atomic E-state index is 8.80. The Kier molecular flexibility index (Phi) is 4.85. The monoisotopic (exact) mass is 200 g/mol. The van der Waals surface area contributed by atoms with E-state index in [4.69, 9.17) is 10.8 Å². The normalized spacial score (nSPS) is 33.2. The van der Waals surface area contributed by atoms with Gasteiger partial charge in [-0.2, -0.15) is 0 Å². The van der Waals surface area contributed by atoms with Crippen LogP contribution in [0.4, 0.5) is 0 Å². The van der Waals surface area contributed by atoms with Crippen molar-refractivity contribution in [2.45, 2.75) is 44.6 Å². The minimum absolute atomic E-state index is 0.119. The van der Waals surface area contributed by atoms with Gasteiger partial charge in [0.25, 0.3) is 0 Å². The van der Waals surface area contributed by atoms with Crippen LogP contribution in [0.3, 0.4) is 0 Å². The van der Waals surface area contributed by atoms with Crippen molar-refractivity contribution in [2.75, 3.05) is 19.7 Å². The van der Waals surface area contributed by atoms with Crippen molar-refractivity contribution in [2.24, 2.45) is 11.7 Å². The summed E-state index contributed by atoms with van der Waals surface area (Å²) in [5.41, 5.74) is 5.94. The average molecular weight is 200 g/mol. The van der Waals surface area contributed by atoms with Crippen LogP contribution in [0.25, 0.3) is 0 Å². The van der Waals surface area contributed by atoms with E-state index in [9.17, 15) is 0 Å². The van der Waals surface area contributed by atoms with Crippen molar-refractivity contribution in [3.63, 3.8) is 0 Å². The van der Waals surface area contributed by atoms with Gasteiger partial charge in [-0.3, -0.25) is 0 Å². The van der Waals surface area contributed by atoms with E-state index >= 15 is 0 Å². The standard InChI is InChI=1S/C11H24N2O/c1-2-10-3-5-11(9-12,6-4-10)13-7-8-14/h10,13-14H,2-9,12H2,1H3. The third-order valence-electron chi connectivity index (χ3n) is 3.64. The topological polar surface area (TPSA) is 58.3 Å². The highest BCUT2D eigenvalue weighted by Crippen LogP contribution is 2.32. The molecule has 14 heavy (non-hydrogen) atoms. The van der Waals surface area contributed by atoms with E-state index in [1.165, 1.54) is 32.1 Å². The average Bonchev–Trinajstić information content (AvgIpc) is 2.27. The van der Waals surface area contributed by atoms with E-state index in [1.54, 1.807) is 0 Å². The molecule has 0 spiro atoms. The maximum absolute atomic E-state index is 8.80. The lowest BCUT2D eigenvalue weighted by Gasteiger charge is -2.40. The van der Waals surface area contributed by atoms with Crippen LogP contribution in [0.2, 0.25) is 0 Å². The Morgan fingerprint density at radius 3 is 2.50 bits per heavy atom. The van der Waals surface area contributed by atoms with E-state index in [2.05, 4.69) is 12.2 Å². The molecular weight excluding hydrogens is 176 g/mol. The number of β-amino-alcohol motifs (C(OH)–C–C–N with tert-alkyl or cyclic N) is 1. The smallest absolute Gasteiger partial charge is 0.0556 e. The van der Waals surface area contributed by atoms with Crippen molar-refractivity contribution < 1.29 is 5.11 Å². The summed E-state index contributed by atoms with van der Waals surface area (Å²) in [6.45, 7) is 3.84. The van der Waals surface area contributed by atoms with Gasteiger partial charge in [0.2, 0.25) is 0 Å². The largest absolute Gasteiger partial charge is 0.395 e. The van der Waals surface area contributed by atoms with Crippen LogP contribution < -0.4 is 11.1 Å². The second kappa shape index (κ2) is 5.69. The van der Waals surface area contributed by atoms with Gasteiger partial charge in [-0.1, -0.05) is 13.3 Å². The molecule has 0 aromatic carbocycles. The van der Waals surface area contributed by atoms with Crippen molar-refractivity contribution in [1.29, 1.82) is 0 Å². The molecule has 0 amide bonds. The summed E-state index contributed by atoms with van der Waals surface area (Å²) in [5.74, 6) is 0.894. The molecule has 0 atom stereocenters. The number of hydrogen-bond donors (Lipinski definition) is 3. The third-order valence-corrected chi connectivity index (χ3v) is 3.64. The van der Waals surface area contributed by atoms with Crippen LogP contribution in [0.5, 0.6) is 0 Å². The molecule has 1 saturated carbocycles. The lowest BCUT2D eigenvalue weighted by molar-refractivity contribution is 0.176. The van der Waals surface area contributed by atoms with Crippen LogP contribution in [0.1, 0.15) is 39.0 Å². The van der Waals surface area contributed by atoms with Crippen molar-refractivity contribution in [3.8, 4) is 0 Å². The summed E-state index contributed by atoms with van der Waals surface area (Å²) in [5, 5.41) is 12.2. The van der Waals surface area contributed by atoms with Crippen LogP contribution in [-0.4, -0.2) is 30.3 Å². The van der Waals surface area contributed by atoms with Crippen molar-refractivity contribution in [1.82, 2.24) is 5.32 Å². The Bertz CT molecular complexity index is 153. The predicted molar refractivity (Wildman–Crippen MR) is 59.1 cm³/mol. The van der Waals surface area contributed by atoms with Gasteiger partial charge in [0, 0.05) is 18.6 Å². The fraction of sp³-hybridized carbons (Fsp3) is 1.00. The molecule has 0 aromatic heterocycles. The minimum atomic E-state index is 0.119. The van der Waals surface area contributed by atoms with Crippen molar-refractivity contribution in [3.05, 3.63) is 0 Å². The van der Waals surface area contributed by atoms with Gasteiger partial charge in [0.05, 0.1) is 6.61 Å². The van der Waals surface area contributed by atoms with Gasteiger partial charge in [-0.25, -0.2) is 0 Å². The number of aliphatic hydroxyl groups excluding tert-OH is 1. The van der Waals surface area contributed by atoms with E-state index < -0.39 is 0 Å². The summed E-state index contributed by atoms with van der Waals surface area (Å²) < 4.78 is 0. The molecule has 0 heterocycles. The van der Waals surface area contributed by atoms with Crippen LogP contribution in [0, 0.1) is 5.92 Å². The van der Waals surface area contributed by atoms with E-state index in [1.807, 2.05) is 0 Å². The quantitative estimate of drug-likeness (QED) is 0.617. The van der Waals surface area contributed by atoms with Gasteiger partial charge < -0.3 is 16.2 Å². The molecule has 0 saturated heterocycles. The summed E-state index contributed by atoms with van der Waals surface area (Å²) in [6.07, 6.45) is 6.20. The highest BCUT2D eigenvalue weighted by atomic mass is 16.3. The summed E-state index contributed by atoms with van der Waals surface area (Å²) >= 11 is 0.